The van der Waals surface area contributed by atoms with Crippen molar-refractivity contribution in [2.45, 2.75) is 91.5 Å². The van der Waals surface area contributed by atoms with Gasteiger partial charge >= 0.3 is 11.9 Å². The molecule has 0 aliphatic heterocycles. The van der Waals surface area contributed by atoms with Crippen LogP contribution in [-0.2, 0) is 38.2 Å². The van der Waals surface area contributed by atoms with Crippen LogP contribution in [0.2, 0.25) is 0 Å². The van der Waals surface area contributed by atoms with E-state index in [1.807, 2.05) is 0 Å². The van der Waals surface area contributed by atoms with Gasteiger partial charge in [0.1, 0.15) is 18.6 Å². The predicted molar refractivity (Wildman–Crippen MR) is 126 cm³/mol. The largest absolute Gasteiger partial charge is 0.462 e. The van der Waals surface area contributed by atoms with Gasteiger partial charge in [-0.1, -0.05) is 25.6 Å². The first kappa shape index (κ1) is 31.5. The molecule has 0 aliphatic carbocycles. The third-order valence-electron chi connectivity index (χ3n) is 4.24. The van der Waals surface area contributed by atoms with Crippen molar-refractivity contribution < 1.29 is 38.2 Å². The van der Waals surface area contributed by atoms with E-state index in [0.29, 0.717) is 0 Å². The Bertz CT molecular complexity index is 742. The number of hydrogen-bond donors (Lipinski definition) is 2. The lowest BCUT2D eigenvalue weighted by atomic mass is 10.1. The second-order valence-electron chi connectivity index (χ2n) is 7.95. The lowest BCUT2D eigenvalue weighted by Crippen LogP contribution is -2.54. The predicted octanol–water partition coefficient (Wildman–Crippen LogP) is 0.917. The summed E-state index contributed by atoms with van der Waals surface area (Å²) in [7, 11) is 0. The molecular formula is C22H37N3O8S. The quantitative estimate of drug-likeness (QED) is 0.326. The van der Waals surface area contributed by atoms with Gasteiger partial charge in [0.25, 0.3) is 0 Å². The van der Waals surface area contributed by atoms with Crippen molar-refractivity contribution in [3.63, 3.8) is 0 Å². The average molecular weight is 504 g/mol. The SMILES string of the molecule is CCC(=O)SCC(C(=O)NCC(=O)OC(C)C)N(C(=O)CC)C(=O)CCC(N)C(=O)OC(C)C. The summed E-state index contributed by atoms with van der Waals surface area (Å²) < 4.78 is 9.98. The standard InChI is InChI=1S/C22H37N3O8S/c1-7-17(26)25(18(27)10-9-15(23)22(31)33-14(5)6)16(12-34-20(29)8-2)21(30)24-11-19(28)32-13(3)4/h13-16H,7-12,23H2,1-6H3,(H,24,30). The molecule has 0 rings (SSSR count). The van der Waals surface area contributed by atoms with Gasteiger partial charge in [0.2, 0.25) is 17.7 Å². The highest BCUT2D eigenvalue weighted by molar-refractivity contribution is 8.13. The lowest BCUT2D eigenvalue weighted by molar-refractivity contribution is -0.152. The zero-order chi connectivity index (χ0) is 26.4. The minimum Gasteiger partial charge on any atom is -0.462 e. The van der Waals surface area contributed by atoms with Crippen LogP contribution in [0, 0.1) is 0 Å². The van der Waals surface area contributed by atoms with E-state index in [1.165, 1.54) is 6.92 Å². The molecule has 0 heterocycles. The van der Waals surface area contributed by atoms with Gasteiger partial charge in [-0.25, -0.2) is 0 Å². The Morgan fingerprint density at radius 3 is 2.00 bits per heavy atom. The van der Waals surface area contributed by atoms with Gasteiger partial charge in [-0.2, -0.15) is 0 Å². The topological polar surface area (TPSA) is 162 Å². The van der Waals surface area contributed by atoms with Gasteiger partial charge in [0.05, 0.1) is 12.2 Å². The van der Waals surface area contributed by atoms with E-state index in [-0.39, 0.29) is 48.8 Å². The summed E-state index contributed by atoms with van der Waals surface area (Å²) in [6.45, 7) is 9.32. The summed E-state index contributed by atoms with van der Waals surface area (Å²) in [6, 6.07) is -2.43. The molecule has 3 amide bonds. The molecule has 3 N–H and O–H groups in total. The highest BCUT2D eigenvalue weighted by atomic mass is 32.2. The molecule has 0 saturated carbocycles. The third-order valence-corrected chi connectivity index (χ3v) is 5.34. The minimum atomic E-state index is -1.34. The maximum absolute atomic E-state index is 13.0. The molecule has 0 aromatic rings. The van der Waals surface area contributed by atoms with Crippen LogP contribution in [0.15, 0.2) is 0 Å². The number of imide groups is 1. The fourth-order valence-electron chi connectivity index (χ4n) is 2.62. The molecule has 0 aromatic carbocycles. The summed E-state index contributed by atoms with van der Waals surface area (Å²) in [6.07, 6.45) is -1.05. The molecule has 2 atom stereocenters. The Labute approximate surface area is 204 Å². The molecule has 0 fully saturated rings. The molecule has 194 valence electrons. The Kier molecular flexibility index (Phi) is 15.0. The van der Waals surface area contributed by atoms with Gasteiger partial charge in [-0.15, -0.1) is 0 Å². The van der Waals surface area contributed by atoms with Gasteiger partial charge in [0.15, 0.2) is 5.12 Å². The van der Waals surface area contributed by atoms with Crippen LogP contribution < -0.4 is 11.1 Å². The van der Waals surface area contributed by atoms with Crippen molar-refractivity contribution in [3.8, 4) is 0 Å². The lowest BCUT2D eigenvalue weighted by Gasteiger charge is -2.29. The van der Waals surface area contributed by atoms with Crippen molar-refractivity contribution in [1.82, 2.24) is 10.2 Å². The highest BCUT2D eigenvalue weighted by Crippen LogP contribution is 2.16. The van der Waals surface area contributed by atoms with Crippen LogP contribution in [0.3, 0.4) is 0 Å². The van der Waals surface area contributed by atoms with Crippen molar-refractivity contribution in [3.05, 3.63) is 0 Å². The minimum absolute atomic E-state index is 0.0846. The maximum atomic E-state index is 13.0. The number of esters is 2. The summed E-state index contributed by atoms with van der Waals surface area (Å²) in [5, 5.41) is 2.14. The number of thioether (sulfide) groups is 1. The number of rotatable bonds is 14. The van der Waals surface area contributed by atoms with E-state index in [0.717, 1.165) is 16.7 Å². The Morgan fingerprint density at radius 1 is 0.912 bits per heavy atom. The molecule has 0 aliphatic rings. The zero-order valence-corrected chi connectivity index (χ0v) is 21.6. The van der Waals surface area contributed by atoms with Crippen molar-refractivity contribution in [2.24, 2.45) is 5.73 Å². The Hall–Kier alpha value is -2.47. The molecule has 12 heteroatoms. The van der Waals surface area contributed by atoms with E-state index in [1.54, 1.807) is 34.6 Å². The number of amides is 3. The molecule has 11 nitrogen and oxygen atoms in total. The summed E-state index contributed by atoms with van der Waals surface area (Å²) in [5.41, 5.74) is 5.79. The van der Waals surface area contributed by atoms with Crippen LogP contribution in [0.1, 0.15) is 67.2 Å². The number of ether oxygens (including phenoxy) is 2. The fourth-order valence-corrected chi connectivity index (χ4v) is 3.47. The number of nitrogens with one attached hydrogen (secondary N) is 1. The van der Waals surface area contributed by atoms with E-state index in [9.17, 15) is 28.8 Å². The molecule has 0 saturated heterocycles. The number of carbonyl (C=O) groups excluding carboxylic acids is 6. The molecule has 0 spiro atoms. The van der Waals surface area contributed by atoms with Crippen molar-refractivity contribution in [2.75, 3.05) is 12.3 Å². The van der Waals surface area contributed by atoms with Crippen molar-refractivity contribution >= 4 is 46.5 Å². The maximum Gasteiger partial charge on any atom is 0.325 e. The first-order valence-electron chi connectivity index (χ1n) is 11.3. The van der Waals surface area contributed by atoms with E-state index < -0.39 is 48.3 Å². The Balaban J connectivity index is 5.58. The number of carbonyl (C=O) groups is 6. The Morgan fingerprint density at radius 2 is 1.50 bits per heavy atom. The highest BCUT2D eigenvalue weighted by Gasteiger charge is 2.35. The fraction of sp³-hybridized carbons (Fsp3) is 0.727. The van der Waals surface area contributed by atoms with Gasteiger partial charge < -0.3 is 20.5 Å². The van der Waals surface area contributed by atoms with E-state index in [2.05, 4.69) is 5.32 Å². The van der Waals surface area contributed by atoms with E-state index >= 15 is 0 Å². The summed E-state index contributed by atoms with van der Waals surface area (Å²) in [4.78, 5) is 74.8. The van der Waals surface area contributed by atoms with Gasteiger partial charge in [-0.05, 0) is 34.1 Å². The summed E-state index contributed by atoms with van der Waals surface area (Å²) >= 11 is 0.807. The molecular weight excluding hydrogens is 466 g/mol. The van der Waals surface area contributed by atoms with E-state index in [4.69, 9.17) is 15.2 Å². The molecule has 0 bridgehead atoms. The second kappa shape index (κ2) is 16.2. The normalized spacial score (nSPS) is 12.6. The first-order valence-corrected chi connectivity index (χ1v) is 12.3. The summed E-state index contributed by atoms with van der Waals surface area (Å²) in [5.74, 6) is -3.70. The number of hydrogen-bond acceptors (Lipinski definition) is 10. The average Bonchev–Trinajstić information content (AvgIpc) is 2.76. The third kappa shape index (κ3) is 12.1. The second-order valence-corrected chi connectivity index (χ2v) is 9.03. The van der Waals surface area contributed by atoms with Crippen LogP contribution in [0.25, 0.3) is 0 Å². The van der Waals surface area contributed by atoms with Gasteiger partial charge in [-0.3, -0.25) is 33.7 Å². The van der Waals surface area contributed by atoms with Crippen LogP contribution in [0.4, 0.5) is 0 Å². The van der Waals surface area contributed by atoms with Crippen molar-refractivity contribution in [1.29, 1.82) is 0 Å². The molecule has 0 radical (unpaired) electrons. The van der Waals surface area contributed by atoms with Crippen LogP contribution in [-0.4, -0.2) is 76.3 Å². The molecule has 34 heavy (non-hydrogen) atoms. The van der Waals surface area contributed by atoms with Gasteiger partial charge in [0, 0.05) is 25.0 Å². The zero-order valence-electron chi connectivity index (χ0n) is 20.8. The molecule has 0 aromatic heterocycles. The molecule has 2 unspecified atom stereocenters. The smallest absolute Gasteiger partial charge is 0.325 e. The van der Waals surface area contributed by atoms with Crippen LogP contribution in [0.5, 0.6) is 0 Å². The number of nitrogens with zero attached hydrogens (tertiary/aromatic N) is 1. The number of nitrogens with two attached hydrogens (primary N) is 1. The first-order chi connectivity index (χ1) is 15.8. The monoisotopic (exact) mass is 503 g/mol. The van der Waals surface area contributed by atoms with Crippen LogP contribution >= 0.6 is 11.8 Å².